The van der Waals surface area contributed by atoms with Gasteiger partial charge in [0.05, 0.1) is 17.2 Å². The number of piperazine rings is 1. The van der Waals surface area contributed by atoms with Crippen molar-refractivity contribution < 1.29 is 4.79 Å². The van der Waals surface area contributed by atoms with Crippen molar-refractivity contribution in [2.45, 2.75) is 19.3 Å². The van der Waals surface area contributed by atoms with Crippen LogP contribution in [0, 0.1) is 11.3 Å². The summed E-state index contributed by atoms with van der Waals surface area (Å²) in [6.45, 7) is 8.26. The van der Waals surface area contributed by atoms with Crippen molar-refractivity contribution >= 4 is 34.5 Å². The van der Waals surface area contributed by atoms with Gasteiger partial charge in [-0.15, -0.1) is 0 Å². The lowest BCUT2D eigenvalue weighted by Crippen LogP contribution is -2.44. The van der Waals surface area contributed by atoms with Crippen LogP contribution in [0.5, 0.6) is 0 Å². The summed E-state index contributed by atoms with van der Waals surface area (Å²) in [5.41, 5.74) is 5.77. The number of ketones is 1. The second kappa shape index (κ2) is 7.66. The Morgan fingerprint density at radius 1 is 1.09 bits per heavy atom. The van der Waals surface area contributed by atoms with Gasteiger partial charge >= 0.3 is 0 Å². The molecule has 32 heavy (non-hydrogen) atoms. The molecule has 1 aliphatic heterocycles. The summed E-state index contributed by atoms with van der Waals surface area (Å²) in [5, 5.41) is 10.2. The lowest BCUT2D eigenvalue weighted by molar-refractivity contribution is 0.103. The van der Waals surface area contributed by atoms with E-state index in [0.29, 0.717) is 5.56 Å². The maximum absolute atomic E-state index is 13.5. The first-order valence-electron chi connectivity index (χ1n) is 10.9. The number of aromatic nitrogens is 1. The molecule has 0 amide bonds. The van der Waals surface area contributed by atoms with Crippen LogP contribution >= 0.6 is 12.1 Å². The normalized spacial score (nSPS) is 18.0. The predicted molar refractivity (Wildman–Crippen MR) is 130 cm³/mol. The Morgan fingerprint density at radius 2 is 1.84 bits per heavy atom. The lowest BCUT2D eigenvalue weighted by atomic mass is 9.71. The molecule has 1 saturated heterocycles. The van der Waals surface area contributed by atoms with E-state index in [4.69, 9.17) is 0 Å². The zero-order chi connectivity index (χ0) is 22.6. The smallest absolute Gasteiger partial charge is 0.195 e. The molecule has 0 saturated carbocycles. The number of aromatic amines is 1. The topological polar surface area (TPSA) is 66.4 Å². The maximum atomic E-state index is 13.5. The fourth-order valence-electron chi connectivity index (χ4n) is 4.94. The molecule has 0 bridgehead atoms. The zero-order valence-corrected chi connectivity index (χ0v) is 19.7. The van der Waals surface area contributed by atoms with Crippen molar-refractivity contribution in [3.63, 3.8) is 0 Å². The van der Waals surface area contributed by atoms with Crippen LogP contribution in [0.15, 0.2) is 36.4 Å². The summed E-state index contributed by atoms with van der Waals surface area (Å²) in [4.78, 5) is 19.4. The van der Waals surface area contributed by atoms with Crippen molar-refractivity contribution in [1.82, 2.24) is 13.6 Å². The van der Waals surface area contributed by atoms with Gasteiger partial charge in [-0.05, 0) is 50.0 Å². The molecule has 5 rings (SSSR count). The third kappa shape index (κ3) is 3.30. The zero-order valence-electron chi connectivity index (χ0n) is 18.9. The van der Waals surface area contributed by atoms with Crippen molar-refractivity contribution in [2.24, 2.45) is 0 Å². The number of hydrogen-bond donors (Lipinski definition) is 1. The molecule has 0 atom stereocenters. The second-order valence-corrected chi connectivity index (χ2v) is 10.7. The summed E-state index contributed by atoms with van der Waals surface area (Å²) >= 11 is 1.76. The molecule has 2 heterocycles. The minimum absolute atomic E-state index is 0.0593. The molecule has 0 spiro atoms. The summed E-state index contributed by atoms with van der Waals surface area (Å²) < 4.78 is 4.51. The Labute approximate surface area is 193 Å². The second-order valence-electron chi connectivity index (χ2n) is 9.24. The number of nitrogens with one attached hydrogen (secondary N) is 1. The van der Waals surface area contributed by atoms with Gasteiger partial charge in [0.15, 0.2) is 5.78 Å². The van der Waals surface area contributed by atoms with Gasteiger partial charge in [-0.1, -0.05) is 19.9 Å². The van der Waals surface area contributed by atoms with Crippen molar-refractivity contribution in [2.75, 3.05) is 45.2 Å². The van der Waals surface area contributed by atoms with Crippen LogP contribution in [-0.4, -0.2) is 59.7 Å². The monoisotopic (exact) mass is 445 g/mol. The van der Waals surface area contributed by atoms with Crippen LogP contribution in [-0.2, 0) is 5.41 Å². The van der Waals surface area contributed by atoms with E-state index < -0.39 is 0 Å². The molecule has 6 nitrogen and oxygen atoms in total. The Hall–Kier alpha value is -2.79. The highest BCUT2D eigenvalue weighted by molar-refractivity contribution is 7.94. The SMILES string of the molecule is CN(C)SN1CCN(c2ccc3c(c2)C(C)(C)c2[nH]c4cc(C#N)ccc4c2C3=O)CC1. The quantitative estimate of drug-likeness (QED) is 0.611. The van der Waals surface area contributed by atoms with E-state index in [1.54, 1.807) is 18.2 Å². The van der Waals surface area contributed by atoms with Crippen LogP contribution in [0.25, 0.3) is 10.9 Å². The van der Waals surface area contributed by atoms with E-state index in [1.807, 2.05) is 18.2 Å². The fourth-order valence-corrected chi connectivity index (χ4v) is 5.73. The lowest BCUT2D eigenvalue weighted by Gasteiger charge is -2.38. The van der Waals surface area contributed by atoms with Gasteiger partial charge in [0.25, 0.3) is 0 Å². The first-order valence-corrected chi connectivity index (χ1v) is 11.6. The van der Waals surface area contributed by atoms with Crippen molar-refractivity contribution in [3.8, 4) is 6.07 Å². The number of H-pyrrole nitrogens is 1. The van der Waals surface area contributed by atoms with Crippen LogP contribution in [0.2, 0.25) is 0 Å². The highest BCUT2D eigenvalue weighted by Crippen LogP contribution is 2.44. The van der Waals surface area contributed by atoms with Crippen LogP contribution in [0.3, 0.4) is 0 Å². The number of rotatable bonds is 3. The molecule has 1 N–H and O–H groups in total. The van der Waals surface area contributed by atoms with E-state index in [2.05, 4.69) is 64.6 Å². The Balaban J connectivity index is 1.51. The predicted octanol–water partition coefficient (Wildman–Crippen LogP) is 4.16. The number of anilines is 1. The van der Waals surface area contributed by atoms with Gasteiger partial charge in [0.1, 0.15) is 0 Å². The number of hydrogen-bond acceptors (Lipinski definition) is 6. The van der Waals surface area contributed by atoms with Gasteiger partial charge in [0.2, 0.25) is 0 Å². The number of nitrogens with zero attached hydrogens (tertiary/aromatic N) is 4. The van der Waals surface area contributed by atoms with Gasteiger partial charge in [-0.2, -0.15) is 5.26 Å². The van der Waals surface area contributed by atoms with E-state index in [-0.39, 0.29) is 11.2 Å². The van der Waals surface area contributed by atoms with Crippen LogP contribution < -0.4 is 4.90 Å². The van der Waals surface area contributed by atoms with Gasteiger partial charge in [-0.3, -0.25) is 4.79 Å². The highest BCUT2D eigenvalue weighted by Gasteiger charge is 2.40. The van der Waals surface area contributed by atoms with Crippen LogP contribution in [0.1, 0.15) is 46.6 Å². The summed E-state index contributed by atoms with van der Waals surface area (Å²) in [7, 11) is 4.14. The third-order valence-corrected chi connectivity index (χ3v) is 7.51. The average Bonchev–Trinajstić information content (AvgIpc) is 3.17. The molecule has 2 aliphatic rings. The molecular weight excluding hydrogens is 418 g/mol. The van der Waals surface area contributed by atoms with E-state index in [0.717, 1.165) is 59.5 Å². The van der Waals surface area contributed by atoms with Gasteiger partial charge in [-0.25, -0.2) is 8.61 Å². The van der Waals surface area contributed by atoms with Gasteiger partial charge < -0.3 is 9.88 Å². The van der Waals surface area contributed by atoms with Crippen LogP contribution in [0.4, 0.5) is 5.69 Å². The van der Waals surface area contributed by atoms with E-state index in [1.165, 1.54) is 5.69 Å². The number of carbonyl (C=O) groups excluding carboxylic acids is 1. The highest BCUT2D eigenvalue weighted by atomic mass is 32.2. The Bertz CT molecular complexity index is 1260. The largest absolute Gasteiger partial charge is 0.369 e. The number of nitriles is 1. The summed E-state index contributed by atoms with van der Waals surface area (Å²) in [6, 6.07) is 14.0. The summed E-state index contributed by atoms with van der Waals surface area (Å²) in [6.07, 6.45) is 0. The average molecular weight is 446 g/mol. The molecule has 7 heteroatoms. The molecular formula is C25H27N5OS. The summed E-state index contributed by atoms with van der Waals surface area (Å²) in [5.74, 6) is 0.0593. The molecule has 1 aromatic heterocycles. The van der Waals surface area contributed by atoms with Crippen molar-refractivity contribution in [1.29, 1.82) is 5.26 Å². The standard InChI is InChI=1S/C25H27N5OS/c1-25(2)20-14-17(29-9-11-30(12-10-29)32-28(3)4)6-8-18(20)23(31)22-19-7-5-16(15-26)13-21(19)27-24(22)25/h5-8,13-14,27H,9-12H2,1-4H3. The number of fused-ring (bicyclic) bond motifs is 4. The molecule has 0 radical (unpaired) electrons. The molecule has 1 aliphatic carbocycles. The first kappa shape index (κ1) is 21.1. The minimum Gasteiger partial charge on any atom is -0.369 e. The van der Waals surface area contributed by atoms with Crippen molar-refractivity contribution in [3.05, 3.63) is 64.3 Å². The third-order valence-electron chi connectivity index (χ3n) is 6.58. The maximum Gasteiger partial charge on any atom is 0.195 e. The number of benzene rings is 2. The fraction of sp³-hybridized carbons (Fsp3) is 0.360. The molecule has 0 unspecified atom stereocenters. The van der Waals surface area contributed by atoms with E-state index >= 15 is 0 Å². The van der Waals surface area contributed by atoms with E-state index in [9.17, 15) is 10.1 Å². The molecule has 1 fully saturated rings. The first-order chi connectivity index (χ1) is 15.3. The molecule has 2 aromatic carbocycles. The molecule has 164 valence electrons. The number of carbonyl (C=O) groups is 1. The molecule has 3 aromatic rings. The Morgan fingerprint density at radius 3 is 2.53 bits per heavy atom. The Kier molecular flexibility index (Phi) is 5.05. The minimum atomic E-state index is -0.344. The van der Waals surface area contributed by atoms with Gasteiger partial charge in [0, 0.05) is 71.6 Å².